The average Bonchev–Trinajstić information content (AvgIpc) is 2.60. The number of hydrogen-bond donors (Lipinski definition) is 0. The normalized spacial score (nSPS) is 24.3. The van der Waals surface area contributed by atoms with Crippen LogP contribution in [0.2, 0.25) is 0 Å². The molecule has 2 unspecified atom stereocenters. The van der Waals surface area contributed by atoms with Gasteiger partial charge in [0.05, 0.1) is 0 Å². The third-order valence-electron chi connectivity index (χ3n) is 5.59. The molecule has 1 amide bonds. The molecule has 0 spiro atoms. The van der Waals surface area contributed by atoms with Crippen molar-refractivity contribution >= 4 is 11.9 Å². The molecular formula is C22H29F2NO4. The van der Waals surface area contributed by atoms with Crippen LogP contribution in [0.4, 0.5) is 13.6 Å². The van der Waals surface area contributed by atoms with Crippen LogP contribution in [0, 0.1) is 5.92 Å². The summed E-state index contributed by atoms with van der Waals surface area (Å²) in [5, 5.41) is 0. The van der Waals surface area contributed by atoms with Gasteiger partial charge >= 0.3 is 12.7 Å². The molecule has 0 radical (unpaired) electrons. The highest BCUT2D eigenvalue weighted by molar-refractivity contribution is 5.84. The van der Waals surface area contributed by atoms with E-state index >= 15 is 0 Å². The number of alkyl halides is 2. The predicted octanol–water partition coefficient (Wildman–Crippen LogP) is 4.97. The van der Waals surface area contributed by atoms with Gasteiger partial charge in [-0.3, -0.25) is 4.79 Å². The first kappa shape index (κ1) is 21.5. The van der Waals surface area contributed by atoms with Crippen LogP contribution in [0.1, 0.15) is 58.4 Å². The monoisotopic (exact) mass is 409 g/mol. The van der Waals surface area contributed by atoms with Gasteiger partial charge in [-0.15, -0.1) is 0 Å². The molecule has 0 saturated carbocycles. The van der Waals surface area contributed by atoms with Crippen molar-refractivity contribution < 1.29 is 27.8 Å². The highest BCUT2D eigenvalue weighted by Gasteiger charge is 2.44. The van der Waals surface area contributed by atoms with Crippen molar-refractivity contribution in [1.29, 1.82) is 0 Å². The predicted molar refractivity (Wildman–Crippen MR) is 104 cm³/mol. The summed E-state index contributed by atoms with van der Waals surface area (Å²) in [6.45, 7) is 2.60. The first-order chi connectivity index (χ1) is 13.6. The quantitative estimate of drug-likeness (QED) is 0.689. The number of nitrogens with zero attached hydrogens (tertiary/aromatic N) is 1. The fraction of sp³-hybridized carbons (Fsp3) is 0.636. The third kappa shape index (κ3) is 5.46. The summed E-state index contributed by atoms with van der Waals surface area (Å²) in [6, 6.07) is 6.38. The Labute approximate surface area is 170 Å². The van der Waals surface area contributed by atoms with Gasteiger partial charge in [-0.1, -0.05) is 18.2 Å². The Morgan fingerprint density at radius 2 is 1.76 bits per heavy atom. The SMILES string of the molecule is CC(C)(C)OC(=O)N1C2CCCC1CC(C(=O)Cc1ccccc1OC(F)F)C2. The standard InChI is InChI=1S/C22H29F2NO4/c1-22(2,3)29-21(27)25-16-8-6-9-17(25)12-15(11-16)18(26)13-14-7-4-5-10-19(14)28-20(23)24/h4-5,7,10,15-17,20H,6,8-9,11-13H2,1-3H3. The van der Waals surface area contributed by atoms with Gasteiger partial charge in [0.1, 0.15) is 17.1 Å². The number of amides is 1. The average molecular weight is 409 g/mol. The van der Waals surface area contributed by atoms with Crippen LogP contribution in [0.5, 0.6) is 5.75 Å². The molecule has 160 valence electrons. The van der Waals surface area contributed by atoms with E-state index in [4.69, 9.17) is 4.74 Å². The van der Waals surface area contributed by atoms with Crippen molar-refractivity contribution in [1.82, 2.24) is 4.90 Å². The lowest BCUT2D eigenvalue weighted by atomic mass is 9.76. The summed E-state index contributed by atoms with van der Waals surface area (Å²) in [6.07, 6.45) is 3.66. The van der Waals surface area contributed by atoms with E-state index in [1.807, 2.05) is 25.7 Å². The molecule has 0 N–H and O–H groups in total. The minimum absolute atomic E-state index is 0.0102. The van der Waals surface area contributed by atoms with Gasteiger partial charge in [0, 0.05) is 30.0 Å². The number of para-hydroxylation sites is 1. The summed E-state index contributed by atoms with van der Waals surface area (Å²) in [4.78, 5) is 27.5. The number of benzene rings is 1. The summed E-state index contributed by atoms with van der Waals surface area (Å²) in [5.41, 5.74) is -0.0931. The Morgan fingerprint density at radius 1 is 1.14 bits per heavy atom. The van der Waals surface area contributed by atoms with Crippen molar-refractivity contribution in [3.05, 3.63) is 29.8 Å². The van der Waals surface area contributed by atoms with E-state index < -0.39 is 12.2 Å². The van der Waals surface area contributed by atoms with Crippen LogP contribution in [0.3, 0.4) is 0 Å². The molecule has 2 atom stereocenters. The Kier molecular flexibility index (Phi) is 6.44. The molecule has 0 aliphatic carbocycles. The van der Waals surface area contributed by atoms with Crippen molar-refractivity contribution in [3.8, 4) is 5.75 Å². The smallest absolute Gasteiger partial charge is 0.410 e. The molecule has 2 saturated heterocycles. The Bertz CT molecular complexity index is 733. The highest BCUT2D eigenvalue weighted by atomic mass is 19.3. The Balaban J connectivity index is 1.68. The molecule has 7 heteroatoms. The molecule has 0 aromatic heterocycles. The second kappa shape index (κ2) is 8.67. The second-order valence-corrected chi connectivity index (χ2v) is 8.92. The molecular weight excluding hydrogens is 380 g/mol. The first-order valence-corrected chi connectivity index (χ1v) is 10.2. The van der Waals surface area contributed by atoms with Gasteiger partial charge in [0.25, 0.3) is 0 Å². The molecule has 1 aromatic rings. The minimum atomic E-state index is -2.93. The Hall–Kier alpha value is -2.18. The number of hydrogen-bond acceptors (Lipinski definition) is 4. The first-order valence-electron chi connectivity index (χ1n) is 10.2. The van der Waals surface area contributed by atoms with E-state index in [1.165, 1.54) is 6.07 Å². The van der Waals surface area contributed by atoms with E-state index in [0.29, 0.717) is 18.4 Å². The van der Waals surface area contributed by atoms with E-state index in [9.17, 15) is 18.4 Å². The molecule has 2 fully saturated rings. The number of fused-ring (bicyclic) bond motifs is 2. The molecule has 29 heavy (non-hydrogen) atoms. The maximum atomic E-state index is 13.0. The molecule has 2 aliphatic heterocycles. The lowest BCUT2D eigenvalue weighted by Gasteiger charge is -2.48. The van der Waals surface area contributed by atoms with Gasteiger partial charge in [-0.2, -0.15) is 8.78 Å². The molecule has 2 aliphatic rings. The fourth-order valence-electron chi connectivity index (χ4n) is 4.45. The number of ether oxygens (including phenoxy) is 2. The van der Waals surface area contributed by atoms with E-state index in [-0.39, 0.29) is 42.0 Å². The van der Waals surface area contributed by atoms with Gasteiger partial charge in [-0.05, 0) is 58.9 Å². The summed E-state index contributed by atoms with van der Waals surface area (Å²) in [7, 11) is 0. The molecule has 1 aromatic carbocycles. The number of halogens is 2. The third-order valence-corrected chi connectivity index (χ3v) is 5.59. The number of rotatable bonds is 5. The minimum Gasteiger partial charge on any atom is -0.444 e. The number of carbonyl (C=O) groups is 2. The summed E-state index contributed by atoms with van der Waals surface area (Å²) < 4.78 is 35.4. The molecule has 2 bridgehead atoms. The maximum absolute atomic E-state index is 13.0. The van der Waals surface area contributed by atoms with Gasteiger partial charge in [0.15, 0.2) is 0 Å². The molecule has 2 heterocycles. The fourth-order valence-corrected chi connectivity index (χ4v) is 4.45. The zero-order valence-electron chi connectivity index (χ0n) is 17.2. The van der Waals surface area contributed by atoms with Crippen molar-refractivity contribution in [3.63, 3.8) is 0 Å². The number of ketones is 1. The zero-order valence-corrected chi connectivity index (χ0v) is 17.2. The maximum Gasteiger partial charge on any atom is 0.410 e. The number of carbonyl (C=O) groups excluding carboxylic acids is 2. The van der Waals surface area contributed by atoms with Crippen LogP contribution < -0.4 is 4.74 Å². The van der Waals surface area contributed by atoms with Crippen molar-refractivity contribution in [2.75, 3.05) is 0 Å². The van der Waals surface area contributed by atoms with Crippen LogP contribution in [0.15, 0.2) is 24.3 Å². The lowest BCUT2D eigenvalue weighted by molar-refractivity contribution is -0.126. The van der Waals surface area contributed by atoms with Crippen LogP contribution in [0.25, 0.3) is 0 Å². The van der Waals surface area contributed by atoms with Gasteiger partial charge < -0.3 is 14.4 Å². The van der Waals surface area contributed by atoms with Crippen molar-refractivity contribution in [2.24, 2.45) is 5.92 Å². The second-order valence-electron chi connectivity index (χ2n) is 8.92. The van der Waals surface area contributed by atoms with Crippen LogP contribution >= 0.6 is 0 Å². The van der Waals surface area contributed by atoms with Gasteiger partial charge in [0.2, 0.25) is 0 Å². The number of piperidine rings is 2. The molecule has 5 nitrogen and oxygen atoms in total. The van der Waals surface area contributed by atoms with Gasteiger partial charge in [-0.25, -0.2) is 4.79 Å². The number of Topliss-reactive ketones (excluding diaryl/α,β-unsaturated/α-hetero) is 1. The van der Waals surface area contributed by atoms with E-state index in [1.54, 1.807) is 18.2 Å². The highest BCUT2D eigenvalue weighted by Crippen LogP contribution is 2.39. The lowest BCUT2D eigenvalue weighted by Crippen LogP contribution is -2.56. The largest absolute Gasteiger partial charge is 0.444 e. The van der Waals surface area contributed by atoms with Crippen LogP contribution in [-0.2, 0) is 16.0 Å². The van der Waals surface area contributed by atoms with Crippen molar-refractivity contribution in [2.45, 2.75) is 83.6 Å². The van der Waals surface area contributed by atoms with Crippen LogP contribution in [-0.4, -0.2) is 41.1 Å². The Morgan fingerprint density at radius 3 is 2.34 bits per heavy atom. The van der Waals surface area contributed by atoms with E-state index in [2.05, 4.69) is 4.74 Å². The molecule has 3 rings (SSSR count). The zero-order chi connectivity index (χ0) is 21.2. The summed E-state index contributed by atoms with van der Waals surface area (Å²) in [5.74, 6) is -0.137. The summed E-state index contributed by atoms with van der Waals surface area (Å²) >= 11 is 0. The van der Waals surface area contributed by atoms with E-state index in [0.717, 1.165) is 19.3 Å². The topological polar surface area (TPSA) is 55.8 Å².